The fraction of sp³-hybridized carbons (Fsp3) is 0.600. The van der Waals surface area contributed by atoms with Crippen LogP contribution in [-0.2, 0) is 11.2 Å². The van der Waals surface area contributed by atoms with Crippen molar-refractivity contribution in [2.45, 2.75) is 23.1 Å². The maximum Gasteiger partial charge on any atom is 0.0755 e. The molecular formula is C10H19N3OS3. The normalized spacial score (nSPS) is 12.9. The summed E-state index contributed by atoms with van der Waals surface area (Å²) in [5.74, 6) is 0. The molecule has 98 valence electrons. The molecule has 0 saturated carbocycles. The van der Waals surface area contributed by atoms with Gasteiger partial charge in [-0.1, -0.05) is 12.8 Å². The number of aryl methyl sites for hydroxylation is 1. The van der Waals surface area contributed by atoms with Gasteiger partial charge in [0.1, 0.15) is 0 Å². The molecule has 1 atom stereocenters. The van der Waals surface area contributed by atoms with Crippen LogP contribution in [0.2, 0.25) is 0 Å². The van der Waals surface area contributed by atoms with Crippen molar-refractivity contribution in [3.63, 3.8) is 0 Å². The molecule has 1 aromatic heterocycles. The van der Waals surface area contributed by atoms with E-state index in [1.807, 2.05) is 0 Å². The van der Waals surface area contributed by atoms with Gasteiger partial charge in [-0.25, -0.2) is 0 Å². The minimum Gasteiger partial charge on any atom is -0.385 e. The monoisotopic (exact) mass is 293 g/mol. The molecule has 0 bridgehead atoms. The van der Waals surface area contributed by atoms with Crippen LogP contribution in [0.3, 0.4) is 0 Å². The van der Waals surface area contributed by atoms with Gasteiger partial charge >= 0.3 is 0 Å². The molecule has 17 heavy (non-hydrogen) atoms. The third-order valence-corrected chi connectivity index (χ3v) is 4.47. The Kier molecular flexibility index (Phi) is 7.52. The lowest BCUT2D eigenvalue weighted by atomic mass is 10.1. The minimum atomic E-state index is -0.0396. The van der Waals surface area contributed by atoms with Crippen molar-refractivity contribution in [1.29, 1.82) is 0 Å². The Bertz CT molecular complexity index is 333. The molecule has 4 nitrogen and oxygen atoms in total. The van der Waals surface area contributed by atoms with Gasteiger partial charge in [-0.15, -0.1) is 11.3 Å². The van der Waals surface area contributed by atoms with Crippen LogP contribution in [0.25, 0.3) is 0 Å². The largest absolute Gasteiger partial charge is 0.385 e. The van der Waals surface area contributed by atoms with Crippen molar-refractivity contribution in [3.8, 4) is 0 Å². The van der Waals surface area contributed by atoms with Crippen molar-refractivity contribution in [1.82, 2.24) is 4.72 Å². The number of nitrogens with two attached hydrogens (primary N) is 2. The van der Waals surface area contributed by atoms with E-state index in [0.717, 1.165) is 23.7 Å². The van der Waals surface area contributed by atoms with Gasteiger partial charge in [-0.3, -0.25) is 9.86 Å². The Morgan fingerprint density at radius 2 is 2.41 bits per heavy atom. The third-order valence-electron chi connectivity index (χ3n) is 2.40. The number of nitrogens with one attached hydrogen (secondary N) is 1. The summed E-state index contributed by atoms with van der Waals surface area (Å²) in [5.41, 5.74) is 7.26. The summed E-state index contributed by atoms with van der Waals surface area (Å²) in [6.07, 6.45) is 1.98. The first-order valence-corrected chi connectivity index (χ1v) is 7.48. The Morgan fingerprint density at radius 3 is 3.00 bits per heavy atom. The van der Waals surface area contributed by atoms with Crippen LogP contribution in [0, 0.1) is 0 Å². The number of hydrogen-bond donors (Lipinski definition) is 4. The molecule has 0 spiro atoms. The van der Waals surface area contributed by atoms with Crippen molar-refractivity contribution in [2.75, 3.05) is 20.3 Å². The van der Waals surface area contributed by atoms with Crippen LogP contribution >= 0.6 is 36.1 Å². The average molecular weight is 293 g/mol. The SMILES string of the molecule is COCCCc1sc(SN)cc1C(N)CNS. The summed E-state index contributed by atoms with van der Waals surface area (Å²) < 4.78 is 8.96. The highest BCUT2D eigenvalue weighted by molar-refractivity contribution is 7.99. The van der Waals surface area contributed by atoms with Crippen LogP contribution in [-0.4, -0.2) is 20.3 Å². The van der Waals surface area contributed by atoms with Gasteiger partial charge in [0.15, 0.2) is 0 Å². The molecule has 1 aromatic rings. The van der Waals surface area contributed by atoms with E-state index in [2.05, 4.69) is 23.6 Å². The standard InChI is InChI=1S/C10H19N3OS3/c1-14-4-2-3-9-7(8(11)6-13-15)5-10(16-9)17-12/h5,8,13,15H,2-4,6,11-12H2,1H3. The first-order valence-electron chi connectivity index (χ1n) is 5.33. The quantitative estimate of drug-likeness (QED) is 0.334. The number of hydrogen-bond acceptors (Lipinski definition) is 7. The molecule has 0 fully saturated rings. The summed E-state index contributed by atoms with van der Waals surface area (Å²) in [5, 5.41) is 5.59. The van der Waals surface area contributed by atoms with Gasteiger partial charge in [-0.2, -0.15) is 0 Å². The zero-order valence-corrected chi connectivity index (χ0v) is 12.3. The molecule has 0 aliphatic rings. The highest BCUT2D eigenvalue weighted by atomic mass is 32.2. The molecule has 5 N–H and O–H groups in total. The number of thiol groups is 1. The molecule has 0 radical (unpaired) electrons. The highest BCUT2D eigenvalue weighted by Gasteiger charge is 2.14. The zero-order valence-electron chi connectivity index (χ0n) is 9.81. The number of methoxy groups -OCH3 is 1. The molecule has 0 aromatic carbocycles. The first kappa shape index (κ1) is 15.3. The van der Waals surface area contributed by atoms with Crippen LogP contribution in [0.15, 0.2) is 10.3 Å². The Labute approximate surface area is 116 Å². The molecule has 1 rings (SSSR count). The van der Waals surface area contributed by atoms with Crippen LogP contribution < -0.4 is 15.6 Å². The maximum absolute atomic E-state index is 6.09. The molecule has 1 heterocycles. The summed E-state index contributed by atoms with van der Waals surface area (Å²) in [6, 6.07) is 2.04. The molecule has 0 aliphatic heterocycles. The fourth-order valence-electron chi connectivity index (χ4n) is 1.57. The van der Waals surface area contributed by atoms with Crippen molar-refractivity contribution < 1.29 is 4.74 Å². The van der Waals surface area contributed by atoms with Gasteiger partial charge in [-0.05, 0) is 36.4 Å². The van der Waals surface area contributed by atoms with Gasteiger partial charge in [0.05, 0.1) is 4.21 Å². The van der Waals surface area contributed by atoms with Crippen LogP contribution in [0.4, 0.5) is 0 Å². The summed E-state index contributed by atoms with van der Waals surface area (Å²) in [4.78, 5) is 1.30. The van der Waals surface area contributed by atoms with Crippen molar-refractivity contribution >= 4 is 36.1 Å². The molecule has 0 saturated heterocycles. The third kappa shape index (κ3) is 4.78. The lowest BCUT2D eigenvalue weighted by Crippen LogP contribution is -2.21. The second-order valence-corrected chi connectivity index (χ2v) is 6.01. The lowest BCUT2D eigenvalue weighted by molar-refractivity contribution is 0.195. The van der Waals surface area contributed by atoms with E-state index < -0.39 is 0 Å². The van der Waals surface area contributed by atoms with Crippen molar-refractivity contribution in [2.24, 2.45) is 10.9 Å². The number of thiophene rings is 1. The molecule has 0 amide bonds. The van der Waals surface area contributed by atoms with Gasteiger partial charge in [0.25, 0.3) is 0 Å². The van der Waals surface area contributed by atoms with Crippen LogP contribution in [0.5, 0.6) is 0 Å². The average Bonchev–Trinajstić information content (AvgIpc) is 2.73. The van der Waals surface area contributed by atoms with E-state index in [1.54, 1.807) is 18.4 Å². The predicted octanol–water partition coefficient (Wildman–Crippen LogP) is 1.73. The van der Waals surface area contributed by atoms with E-state index in [4.69, 9.17) is 15.6 Å². The van der Waals surface area contributed by atoms with E-state index in [1.165, 1.54) is 22.4 Å². The predicted molar refractivity (Wildman–Crippen MR) is 78.5 cm³/mol. The van der Waals surface area contributed by atoms with E-state index in [0.29, 0.717) is 6.54 Å². The summed E-state index contributed by atoms with van der Waals surface area (Å²) in [6.45, 7) is 1.41. The maximum atomic E-state index is 6.09. The molecule has 0 aliphatic carbocycles. The van der Waals surface area contributed by atoms with Gasteiger partial charge in [0.2, 0.25) is 0 Å². The molecule has 1 unspecified atom stereocenters. The van der Waals surface area contributed by atoms with E-state index in [-0.39, 0.29) is 6.04 Å². The van der Waals surface area contributed by atoms with E-state index >= 15 is 0 Å². The molecule has 7 heteroatoms. The topological polar surface area (TPSA) is 73.3 Å². The second-order valence-electron chi connectivity index (χ2n) is 3.63. The summed E-state index contributed by atoms with van der Waals surface area (Å²) in [7, 11) is 1.72. The molecular weight excluding hydrogens is 274 g/mol. The summed E-state index contributed by atoms with van der Waals surface area (Å²) >= 11 is 6.97. The van der Waals surface area contributed by atoms with E-state index in [9.17, 15) is 0 Å². The number of ether oxygens (including phenoxy) is 1. The highest BCUT2D eigenvalue weighted by Crippen LogP contribution is 2.32. The van der Waals surface area contributed by atoms with Crippen molar-refractivity contribution in [3.05, 3.63) is 16.5 Å². The second kappa shape index (κ2) is 8.36. The first-order chi connectivity index (χ1) is 8.22. The number of rotatable bonds is 8. The van der Waals surface area contributed by atoms with Gasteiger partial charge < -0.3 is 10.5 Å². The zero-order chi connectivity index (χ0) is 12.7. The van der Waals surface area contributed by atoms with Crippen LogP contribution in [0.1, 0.15) is 22.9 Å². The van der Waals surface area contributed by atoms with Gasteiger partial charge in [0, 0.05) is 31.2 Å². The smallest absolute Gasteiger partial charge is 0.0755 e. The Balaban J connectivity index is 2.74. The lowest BCUT2D eigenvalue weighted by Gasteiger charge is -2.11. The minimum absolute atomic E-state index is 0.0396. The Hall–Kier alpha value is 0.240. The Morgan fingerprint density at radius 1 is 1.65 bits per heavy atom. The fourth-order valence-corrected chi connectivity index (χ4v) is 3.46.